The number of rotatable bonds is 5. The minimum Gasteiger partial charge on any atom is -0.306 e. The normalized spacial score (nSPS) is 31.1. The van der Waals surface area contributed by atoms with Gasteiger partial charge in [-0.25, -0.2) is 10.0 Å². The summed E-state index contributed by atoms with van der Waals surface area (Å²) in [5.74, 6) is 0.549. The molecule has 2 aromatic rings. The number of likely N-dealkylation sites (N-methyl/N-ethyl adjacent to an activating group) is 1. The molecule has 4 saturated heterocycles. The van der Waals surface area contributed by atoms with Gasteiger partial charge < -0.3 is 5.32 Å². The topological polar surface area (TPSA) is 59.1 Å². The number of hydrogen-bond acceptors (Lipinski definition) is 5. The highest BCUT2D eigenvalue weighted by atomic mass is 16.2. The molecule has 39 heavy (non-hydrogen) atoms. The summed E-state index contributed by atoms with van der Waals surface area (Å²) in [6.07, 6.45) is 5.64. The highest BCUT2D eigenvalue weighted by Crippen LogP contribution is 2.37. The van der Waals surface area contributed by atoms with Crippen LogP contribution >= 0.6 is 0 Å². The largest absolute Gasteiger partial charge is 0.306 e. The van der Waals surface area contributed by atoms with Crippen molar-refractivity contribution < 1.29 is 9.59 Å². The lowest BCUT2D eigenvalue weighted by Crippen LogP contribution is -2.66. The molecule has 0 bridgehead atoms. The molecule has 7 nitrogen and oxygen atoms in total. The van der Waals surface area contributed by atoms with E-state index >= 15 is 0 Å². The lowest BCUT2D eigenvalue weighted by Gasteiger charge is -2.46. The third kappa shape index (κ3) is 5.49. The molecule has 0 spiro atoms. The number of hydrazine groups is 2. The molecule has 0 unspecified atom stereocenters. The van der Waals surface area contributed by atoms with Gasteiger partial charge in [0.15, 0.2) is 0 Å². The summed E-state index contributed by atoms with van der Waals surface area (Å²) in [5, 5.41) is 11.8. The highest BCUT2D eigenvalue weighted by molar-refractivity contribution is 5.87. The number of hydrogen-bond donors (Lipinski definition) is 1. The molecule has 7 heteroatoms. The molecule has 0 saturated carbocycles. The molecule has 4 atom stereocenters. The Hall–Kier alpha value is -2.74. The van der Waals surface area contributed by atoms with Crippen LogP contribution in [0.1, 0.15) is 57.6 Å². The molecule has 4 aliphatic heterocycles. The van der Waals surface area contributed by atoms with Gasteiger partial charge in [0.2, 0.25) is 5.91 Å². The van der Waals surface area contributed by atoms with Crippen LogP contribution < -0.4 is 5.32 Å². The summed E-state index contributed by atoms with van der Waals surface area (Å²) >= 11 is 0. The maximum absolute atomic E-state index is 13.0. The van der Waals surface area contributed by atoms with Gasteiger partial charge in [0.1, 0.15) is 5.54 Å². The highest BCUT2D eigenvalue weighted by Gasteiger charge is 2.49. The first-order chi connectivity index (χ1) is 18.8. The number of fused-ring (bicyclic) bond motifs is 2. The second-order valence-electron chi connectivity index (χ2n) is 12.2. The van der Waals surface area contributed by atoms with Crippen molar-refractivity contribution in [3.63, 3.8) is 0 Å². The van der Waals surface area contributed by atoms with Crippen LogP contribution in [0.25, 0.3) is 0 Å². The lowest BCUT2D eigenvalue weighted by molar-refractivity contribution is -0.167. The first-order valence-electron chi connectivity index (χ1n) is 14.7. The Morgan fingerprint density at radius 1 is 0.718 bits per heavy atom. The summed E-state index contributed by atoms with van der Waals surface area (Å²) in [4.78, 5) is 25.8. The van der Waals surface area contributed by atoms with Gasteiger partial charge >= 0.3 is 0 Å². The molecular formula is C32H45N5O2. The molecule has 210 valence electrons. The zero-order valence-corrected chi connectivity index (χ0v) is 24.1. The fourth-order valence-electron chi connectivity index (χ4n) is 6.83. The molecule has 4 fully saturated rings. The number of nitrogens with zero attached hydrogens (tertiary/aromatic N) is 4. The average molecular weight is 532 g/mol. The van der Waals surface area contributed by atoms with Gasteiger partial charge in [-0.3, -0.25) is 19.6 Å². The van der Waals surface area contributed by atoms with Gasteiger partial charge in [0.25, 0.3) is 5.91 Å². The van der Waals surface area contributed by atoms with E-state index < -0.39 is 5.54 Å². The van der Waals surface area contributed by atoms with Crippen molar-refractivity contribution in [1.82, 2.24) is 25.4 Å². The average Bonchev–Trinajstić information content (AvgIpc) is 3.52. The van der Waals surface area contributed by atoms with E-state index in [0.29, 0.717) is 18.0 Å². The smallest absolute Gasteiger partial charge is 0.257 e. The zero-order chi connectivity index (χ0) is 27.6. The van der Waals surface area contributed by atoms with Crippen molar-refractivity contribution in [3.05, 3.63) is 71.8 Å². The van der Waals surface area contributed by atoms with E-state index in [1.165, 1.54) is 11.1 Å². The molecular weight excluding hydrogens is 486 g/mol. The maximum Gasteiger partial charge on any atom is 0.257 e. The Morgan fingerprint density at radius 3 is 1.74 bits per heavy atom. The molecule has 1 N–H and O–H groups in total. The van der Waals surface area contributed by atoms with Crippen molar-refractivity contribution in [2.75, 3.05) is 33.2 Å². The maximum atomic E-state index is 13.0. The second kappa shape index (κ2) is 11.4. The van der Waals surface area contributed by atoms with Crippen LogP contribution in [0.3, 0.4) is 0 Å². The van der Waals surface area contributed by atoms with Crippen molar-refractivity contribution in [2.45, 2.75) is 76.9 Å². The van der Waals surface area contributed by atoms with Gasteiger partial charge in [-0.1, -0.05) is 67.6 Å². The third-order valence-electron chi connectivity index (χ3n) is 9.38. The number of carbonyl (C=O) groups excluding carboxylic acids is 2. The summed E-state index contributed by atoms with van der Waals surface area (Å²) < 4.78 is 0. The number of benzene rings is 2. The predicted octanol–water partition coefficient (Wildman–Crippen LogP) is 3.91. The van der Waals surface area contributed by atoms with Crippen LogP contribution in [0.15, 0.2) is 60.7 Å². The SMILES string of the molecule is CN[C@]1(Cc2ccccc2)CCN2CC[C@@H](C)N2C1=O.C[C@@H]1CCN2CC[C@@](C)(Cc3ccccc3)C(=O)N12. The van der Waals surface area contributed by atoms with E-state index in [-0.39, 0.29) is 11.3 Å². The minimum atomic E-state index is -0.448. The summed E-state index contributed by atoms with van der Waals surface area (Å²) in [7, 11) is 1.91. The summed E-state index contributed by atoms with van der Waals surface area (Å²) in [6, 6.07) is 21.4. The van der Waals surface area contributed by atoms with Gasteiger partial charge in [-0.05, 0) is 70.5 Å². The quantitative estimate of drug-likeness (QED) is 0.634. The molecule has 2 amide bonds. The Bertz CT molecular complexity index is 1140. The Kier molecular flexibility index (Phi) is 8.13. The van der Waals surface area contributed by atoms with Crippen LogP contribution in [0.2, 0.25) is 0 Å². The van der Waals surface area contributed by atoms with E-state index in [1.54, 1.807) is 0 Å². The third-order valence-corrected chi connectivity index (χ3v) is 9.38. The van der Waals surface area contributed by atoms with Crippen molar-refractivity contribution in [2.24, 2.45) is 5.41 Å². The fraction of sp³-hybridized carbons (Fsp3) is 0.562. The number of carbonyl (C=O) groups is 2. The van der Waals surface area contributed by atoms with Crippen molar-refractivity contribution in [1.29, 1.82) is 0 Å². The van der Waals surface area contributed by atoms with Crippen LogP contribution in [0.5, 0.6) is 0 Å². The molecule has 6 rings (SSSR count). The molecule has 0 aromatic heterocycles. The monoisotopic (exact) mass is 531 g/mol. The standard InChI is InChI=1S/C16H23N3O.C16H22N2O/c1-13-8-10-18-11-9-16(17-2,15(20)19(13)18)12-14-6-4-3-5-7-14;1-13-8-10-17-11-9-16(2,15(19)18(13)17)12-14-6-4-3-5-7-14/h3-7,13,17H,8-12H2,1-2H3;3-7,13H,8-12H2,1-2H3/t2*13-,16+/m11/s1. The minimum absolute atomic E-state index is 0.236. The fourth-order valence-corrected chi connectivity index (χ4v) is 6.83. The van der Waals surface area contributed by atoms with E-state index in [1.807, 2.05) is 41.3 Å². The Labute approximate surface area is 234 Å². The van der Waals surface area contributed by atoms with Gasteiger partial charge in [0.05, 0.1) is 5.41 Å². The lowest BCUT2D eigenvalue weighted by atomic mass is 9.78. The van der Waals surface area contributed by atoms with Crippen LogP contribution in [-0.4, -0.2) is 82.7 Å². The van der Waals surface area contributed by atoms with E-state index in [2.05, 4.69) is 72.5 Å². The molecule has 4 heterocycles. The summed E-state index contributed by atoms with van der Waals surface area (Å²) in [5.41, 5.74) is 1.79. The van der Waals surface area contributed by atoms with Crippen LogP contribution in [-0.2, 0) is 22.4 Å². The molecule has 4 aliphatic rings. The van der Waals surface area contributed by atoms with Gasteiger partial charge in [-0.15, -0.1) is 0 Å². The van der Waals surface area contributed by atoms with Crippen LogP contribution in [0, 0.1) is 5.41 Å². The molecule has 2 aromatic carbocycles. The van der Waals surface area contributed by atoms with Gasteiger partial charge in [0, 0.05) is 38.3 Å². The van der Waals surface area contributed by atoms with E-state index in [0.717, 1.165) is 64.7 Å². The molecule has 0 radical (unpaired) electrons. The Balaban J connectivity index is 0.000000158. The van der Waals surface area contributed by atoms with Crippen molar-refractivity contribution in [3.8, 4) is 0 Å². The number of amides is 2. The molecule has 0 aliphatic carbocycles. The van der Waals surface area contributed by atoms with Gasteiger partial charge in [-0.2, -0.15) is 0 Å². The second-order valence-corrected chi connectivity index (χ2v) is 12.2. The van der Waals surface area contributed by atoms with Crippen molar-refractivity contribution >= 4 is 11.8 Å². The number of nitrogens with one attached hydrogen (secondary N) is 1. The first kappa shape index (κ1) is 27.8. The first-order valence-corrected chi connectivity index (χ1v) is 14.7. The zero-order valence-electron chi connectivity index (χ0n) is 24.1. The van der Waals surface area contributed by atoms with Crippen LogP contribution in [0.4, 0.5) is 0 Å². The summed E-state index contributed by atoms with van der Waals surface area (Å²) in [6.45, 7) is 10.5. The van der Waals surface area contributed by atoms with E-state index in [4.69, 9.17) is 0 Å². The Morgan fingerprint density at radius 2 is 1.21 bits per heavy atom. The van der Waals surface area contributed by atoms with E-state index in [9.17, 15) is 9.59 Å². The predicted molar refractivity (Wildman–Crippen MR) is 154 cm³/mol.